The molecule has 92 valence electrons. The summed E-state index contributed by atoms with van der Waals surface area (Å²) < 4.78 is 6.38. The predicted molar refractivity (Wildman–Crippen MR) is 68.7 cm³/mol. The van der Waals surface area contributed by atoms with E-state index in [2.05, 4.69) is 20.9 Å². The number of aromatic nitrogens is 1. The standard InChI is InChI=1S/C13H16BrNO2/c1-12(2,3)17-11(16)13(6-7-13)10-5-4-9(14)8-15-10/h4-5,8H,6-7H2,1-3H3. The van der Waals surface area contributed by atoms with Crippen LogP contribution in [-0.2, 0) is 14.9 Å². The van der Waals surface area contributed by atoms with Crippen molar-refractivity contribution in [3.05, 3.63) is 28.5 Å². The van der Waals surface area contributed by atoms with Gasteiger partial charge in [0.2, 0.25) is 0 Å². The molecule has 0 spiro atoms. The van der Waals surface area contributed by atoms with Crippen molar-refractivity contribution >= 4 is 21.9 Å². The van der Waals surface area contributed by atoms with E-state index < -0.39 is 11.0 Å². The first-order chi connectivity index (χ1) is 7.83. The van der Waals surface area contributed by atoms with Crippen LogP contribution in [0.3, 0.4) is 0 Å². The van der Waals surface area contributed by atoms with Crippen molar-refractivity contribution in [2.45, 2.75) is 44.6 Å². The summed E-state index contributed by atoms with van der Waals surface area (Å²) in [5.41, 5.74) is -0.120. The second kappa shape index (κ2) is 4.09. The summed E-state index contributed by atoms with van der Waals surface area (Å²) in [6.45, 7) is 5.65. The average Bonchev–Trinajstić information content (AvgIpc) is 2.97. The topological polar surface area (TPSA) is 39.2 Å². The Morgan fingerprint density at radius 1 is 1.41 bits per heavy atom. The molecule has 17 heavy (non-hydrogen) atoms. The van der Waals surface area contributed by atoms with Crippen LogP contribution in [0.4, 0.5) is 0 Å². The SMILES string of the molecule is CC(C)(C)OC(=O)C1(c2ccc(Br)cn2)CC1. The summed E-state index contributed by atoms with van der Waals surface area (Å²) >= 11 is 3.34. The molecule has 0 aromatic carbocycles. The molecular formula is C13H16BrNO2. The molecule has 0 aliphatic heterocycles. The van der Waals surface area contributed by atoms with Gasteiger partial charge in [-0.05, 0) is 61.7 Å². The van der Waals surface area contributed by atoms with Gasteiger partial charge in [-0.3, -0.25) is 9.78 Å². The molecule has 1 aromatic rings. The van der Waals surface area contributed by atoms with Crippen LogP contribution in [-0.4, -0.2) is 16.6 Å². The van der Waals surface area contributed by atoms with Crippen LogP contribution in [0.25, 0.3) is 0 Å². The third-order valence-corrected chi connectivity index (χ3v) is 3.23. The number of carbonyl (C=O) groups is 1. The summed E-state index contributed by atoms with van der Waals surface area (Å²) in [5.74, 6) is -0.153. The van der Waals surface area contributed by atoms with Gasteiger partial charge < -0.3 is 4.74 Å². The molecule has 4 heteroatoms. The molecular weight excluding hydrogens is 282 g/mol. The number of pyridine rings is 1. The minimum atomic E-state index is -0.492. The smallest absolute Gasteiger partial charge is 0.318 e. The second-order valence-corrected chi connectivity index (χ2v) is 6.36. The Kier molecular flexibility index (Phi) is 3.02. The Balaban J connectivity index is 2.20. The number of hydrogen-bond acceptors (Lipinski definition) is 3. The van der Waals surface area contributed by atoms with E-state index in [0.29, 0.717) is 0 Å². The lowest BCUT2D eigenvalue weighted by Gasteiger charge is -2.23. The number of nitrogens with zero attached hydrogens (tertiary/aromatic N) is 1. The zero-order valence-electron chi connectivity index (χ0n) is 10.3. The molecule has 1 aliphatic rings. The first-order valence-electron chi connectivity index (χ1n) is 5.69. The number of carbonyl (C=O) groups excluding carboxylic acids is 1. The van der Waals surface area contributed by atoms with Gasteiger partial charge in [0.1, 0.15) is 11.0 Å². The molecule has 1 saturated carbocycles. The maximum atomic E-state index is 12.2. The van der Waals surface area contributed by atoms with Gasteiger partial charge in [0, 0.05) is 10.7 Å². The lowest BCUT2D eigenvalue weighted by molar-refractivity contribution is -0.158. The van der Waals surface area contributed by atoms with Crippen LogP contribution in [0.2, 0.25) is 0 Å². The fourth-order valence-corrected chi connectivity index (χ4v) is 1.96. The molecule has 1 aromatic heterocycles. The highest BCUT2D eigenvalue weighted by Gasteiger charge is 2.54. The number of hydrogen-bond donors (Lipinski definition) is 0. The van der Waals surface area contributed by atoms with Crippen molar-refractivity contribution in [3.8, 4) is 0 Å². The number of ether oxygens (including phenoxy) is 1. The number of esters is 1. The van der Waals surface area contributed by atoms with Gasteiger partial charge in [0.05, 0.1) is 5.69 Å². The quantitative estimate of drug-likeness (QED) is 0.787. The van der Waals surface area contributed by atoms with Gasteiger partial charge in [-0.2, -0.15) is 0 Å². The van der Waals surface area contributed by atoms with Crippen LogP contribution in [0.1, 0.15) is 39.3 Å². The van der Waals surface area contributed by atoms with Gasteiger partial charge in [0.15, 0.2) is 0 Å². The summed E-state index contributed by atoms with van der Waals surface area (Å²) in [4.78, 5) is 16.5. The van der Waals surface area contributed by atoms with E-state index in [1.807, 2.05) is 32.9 Å². The van der Waals surface area contributed by atoms with E-state index in [4.69, 9.17) is 4.74 Å². The zero-order chi connectivity index (χ0) is 12.7. The zero-order valence-corrected chi connectivity index (χ0v) is 11.9. The number of rotatable bonds is 2. The molecule has 3 nitrogen and oxygen atoms in total. The minimum absolute atomic E-state index is 0.153. The highest BCUT2D eigenvalue weighted by atomic mass is 79.9. The maximum absolute atomic E-state index is 12.2. The lowest BCUT2D eigenvalue weighted by Crippen LogP contribution is -2.32. The van der Waals surface area contributed by atoms with Crippen LogP contribution in [0.15, 0.2) is 22.8 Å². The van der Waals surface area contributed by atoms with E-state index in [1.54, 1.807) is 6.20 Å². The summed E-state index contributed by atoms with van der Waals surface area (Å²) in [6, 6.07) is 3.80. The Labute approximate surface area is 110 Å². The largest absolute Gasteiger partial charge is 0.459 e. The Bertz CT molecular complexity index is 430. The first kappa shape index (κ1) is 12.6. The van der Waals surface area contributed by atoms with Gasteiger partial charge in [0.25, 0.3) is 0 Å². The second-order valence-electron chi connectivity index (χ2n) is 5.45. The van der Waals surface area contributed by atoms with E-state index in [-0.39, 0.29) is 5.97 Å². The fraction of sp³-hybridized carbons (Fsp3) is 0.538. The maximum Gasteiger partial charge on any atom is 0.318 e. The average molecular weight is 298 g/mol. The van der Waals surface area contributed by atoms with Crippen molar-refractivity contribution in [2.24, 2.45) is 0 Å². The normalized spacial score (nSPS) is 17.6. The summed E-state index contributed by atoms with van der Waals surface area (Å²) in [7, 11) is 0. The fourth-order valence-electron chi connectivity index (χ4n) is 1.72. The first-order valence-corrected chi connectivity index (χ1v) is 6.48. The van der Waals surface area contributed by atoms with Gasteiger partial charge in [-0.1, -0.05) is 0 Å². The van der Waals surface area contributed by atoms with Gasteiger partial charge in [-0.15, -0.1) is 0 Å². The van der Waals surface area contributed by atoms with Crippen molar-refractivity contribution in [2.75, 3.05) is 0 Å². The van der Waals surface area contributed by atoms with Crippen LogP contribution in [0, 0.1) is 0 Å². The highest BCUT2D eigenvalue weighted by molar-refractivity contribution is 9.10. The molecule has 0 amide bonds. The molecule has 1 aliphatic carbocycles. The monoisotopic (exact) mass is 297 g/mol. The molecule has 1 heterocycles. The van der Waals surface area contributed by atoms with E-state index in [1.165, 1.54) is 0 Å². The van der Waals surface area contributed by atoms with Crippen LogP contribution in [0.5, 0.6) is 0 Å². The molecule has 0 N–H and O–H groups in total. The summed E-state index contributed by atoms with van der Waals surface area (Å²) in [6.07, 6.45) is 3.38. The summed E-state index contributed by atoms with van der Waals surface area (Å²) in [5, 5.41) is 0. The third kappa shape index (κ3) is 2.68. The van der Waals surface area contributed by atoms with Crippen molar-refractivity contribution < 1.29 is 9.53 Å². The lowest BCUT2D eigenvalue weighted by atomic mass is 10.0. The van der Waals surface area contributed by atoms with E-state index >= 15 is 0 Å². The third-order valence-electron chi connectivity index (χ3n) is 2.76. The Morgan fingerprint density at radius 3 is 2.47 bits per heavy atom. The molecule has 0 radical (unpaired) electrons. The molecule has 0 atom stereocenters. The van der Waals surface area contributed by atoms with Crippen molar-refractivity contribution in [1.82, 2.24) is 4.98 Å². The highest BCUT2D eigenvalue weighted by Crippen LogP contribution is 2.49. The predicted octanol–water partition coefficient (Wildman–Crippen LogP) is 3.22. The Morgan fingerprint density at radius 2 is 2.06 bits per heavy atom. The van der Waals surface area contributed by atoms with Crippen molar-refractivity contribution in [1.29, 1.82) is 0 Å². The van der Waals surface area contributed by atoms with E-state index in [0.717, 1.165) is 23.0 Å². The van der Waals surface area contributed by atoms with Gasteiger partial charge >= 0.3 is 5.97 Å². The van der Waals surface area contributed by atoms with Crippen LogP contribution >= 0.6 is 15.9 Å². The van der Waals surface area contributed by atoms with Crippen LogP contribution < -0.4 is 0 Å². The molecule has 0 bridgehead atoms. The van der Waals surface area contributed by atoms with Gasteiger partial charge in [-0.25, -0.2) is 0 Å². The van der Waals surface area contributed by atoms with Crippen molar-refractivity contribution in [3.63, 3.8) is 0 Å². The molecule has 2 rings (SSSR count). The molecule has 1 fully saturated rings. The molecule has 0 saturated heterocycles. The number of halogens is 1. The Hall–Kier alpha value is -0.900. The molecule has 0 unspecified atom stereocenters. The van der Waals surface area contributed by atoms with E-state index in [9.17, 15) is 4.79 Å². The minimum Gasteiger partial charge on any atom is -0.459 e.